The summed E-state index contributed by atoms with van der Waals surface area (Å²) in [5, 5.41) is 0.830. The maximum atomic E-state index is 6.01. The Morgan fingerprint density at radius 3 is 2.42 bits per heavy atom. The Kier molecular flexibility index (Phi) is 4.69. The van der Waals surface area contributed by atoms with Crippen LogP contribution in [0.15, 0.2) is 34.8 Å². The average Bonchev–Trinajstić information content (AvgIpc) is 2.35. The van der Waals surface area contributed by atoms with Gasteiger partial charge in [-0.05, 0) is 61.2 Å². The van der Waals surface area contributed by atoms with E-state index in [0.29, 0.717) is 0 Å². The van der Waals surface area contributed by atoms with E-state index < -0.39 is 0 Å². The summed E-state index contributed by atoms with van der Waals surface area (Å²) >= 11 is 7.02. The van der Waals surface area contributed by atoms with E-state index in [9.17, 15) is 0 Å². The fourth-order valence-corrected chi connectivity index (χ4v) is 3.30. The topological polar surface area (TPSA) is 9.23 Å². The summed E-state index contributed by atoms with van der Waals surface area (Å²) in [5.74, 6) is 1.78. The number of benzene rings is 2. The van der Waals surface area contributed by atoms with Gasteiger partial charge < -0.3 is 4.74 Å². The second kappa shape index (κ2) is 6.10. The lowest BCUT2D eigenvalue weighted by Gasteiger charge is -2.13. The molecule has 0 radical (unpaired) electrons. The minimum atomic E-state index is 0.830. The standard InChI is InChI=1S/C16H16Br2O/c1-10-6-11(2)12(3)16(7-10)19-14-5-4-13(9-17)15(18)8-14/h4-8H,9H2,1-3H3. The number of halogens is 2. The predicted molar refractivity (Wildman–Crippen MR) is 87.5 cm³/mol. The van der Waals surface area contributed by atoms with Gasteiger partial charge >= 0.3 is 0 Å². The van der Waals surface area contributed by atoms with Crippen LogP contribution < -0.4 is 4.74 Å². The van der Waals surface area contributed by atoms with Crippen molar-refractivity contribution in [1.29, 1.82) is 0 Å². The molecule has 0 saturated heterocycles. The minimum absolute atomic E-state index is 0.830. The van der Waals surface area contributed by atoms with E-state index in [4.69, 9.17) is 4.74 Å². The number of alkyl halides is 1. The quantitative estimate of drug-likeness (QED) is 0.585. The van der Waals surface area contributed by atoms with Gasteiger partial charge in [0.15, 0.2) is 0 Å². The first-order valence-corrected chi connectivity index (χ1v) is 8.03. The Hall–Kier alpha value is -0.800. The second-order valence-corrected chi connectivity index (χ2v) is 6.11. The third-order valence-corrected chi connectivity index (χ3v) is 4.50. The van der Waals surface area contributed by atoms with E-state index >= 15 is 0 Å². The highest BCUT2D eigenvalue weighted by Crippen LogP contribution is 2.31. The molecular weight excluding hydrogens is 368 g/mol. The van der Waals surface area contributed by atoms with Crippen molar-refractivity contribution in [1.82, 2.24) is 0 Å². The van der Waals surface area contributed by atoms with Crippen molar-refractivity contribution in [3.05, 3.63) is 57.1 Å². The van der Waals surface area contributed by atoms with Gasteiger partial charge in [0.2, 0.25) is 0 Å². The number of aryl methyl sites for hydroxylation is 2. The molecule has 0 unspecified atom stereocenters. The molecule has 2 aromatic rings. The van der Waals surface area contributed by atoms with Crippen molar-refractivity contribution in [2.75, 3.05) is 0 Å². The first-order chi connectivity index (χ1) is 9.01. The smallest absolute Gasteiger partial charge is 0.130 e. The Bertz CT molecular complexity index is 606. The van der Waals surface area contributed by atoms with Crippen LogP contribution in [0.4, 0.5) is 0 Å². The molecule has 2 rings (SSSR count). The summed E-state index contributed by atoms with van der Waals surface area (Å²) in [5.41, 5.74) is 4.87. The summed E-state index contributed by atoms with van der Waals surface area (Å²) in [6, 6.07) is 10.3. The SMILES string of the molecule is Cc1cc(C)c(C)c(Oc2ccc(CBr)c(Br)c2)c1. The van der Waals surface area contributed by atoms with Crippen molar-refractivity contribution >= 4 is 31.9 Å². The first-order valence-electron chi connectivity index (χ1n) is 6.11. The lowest BCUT2D eigenvalue weighted by atomic mass is 10.1. The molecule has 19 heavy (non-hydrogen) atoms. The number of ether oxygens (including phenoxy) is 1. The van der Waals surface area contributed by atoms with Crippen molar-refractivity contribution in [2.24, 2.45) is 0 Å². The first kappa shape index (κ1) is 14.6. The van der Waals surface area contributed by atoms with Crippen molar-refractivity contribution in [3.8, 4) is 11.5 Å². The zero-order chi connectivity index (χ0) is 14.0. The molecule has 1 nitrogen and oxygen atoms in total. The summed E-state index contributed by atoms with van der Waals surface area (Å²) in [4.78, 5) is 0. The molecule has 0 aliphatic rings. The molecule has 0 aliphatic heterocycles. The third kappa shape index (κ3) is 3.40. The molecular formula is C16H16Br2O. The maximum Gasteiger partial charge on any atom is 0.130 e. The van der Waals surface area contributed by atoms with Gasteiger partial charge in [-0.3, -0.25) is 0 Å². The molecule has 0 aliphatic carbocycles. The monoisotopic (exact) mass is 382 g/mol. The molecule has 0 aromatic heterocycles. The fourth-order valence-electron chi connectivity index (χ4n) is 1.93. The molecule has 2 aromatic carbocycles. The van der Waals surface area contributed by atoms with Gasteiger partial charge in [-0.25, -0.2) is 0 Å². The summed E-state index contributed by atoms with van der Waals surface area (Å²) < 4.78 is 7.06. The molecule has 0 spiro atoms. The fraction of sp³-hybridized carbons (Fsp3) is 0.250. The van der Waals surface area contributed by atoms with E-state index in [1.165, 1.54) is 22.3 Å². The summed E-state index contributed by atoms with van der Waals surface area (Å²) in [6.45, 7) is 6.29. The molecule has 0 fully saturated rings. The maximum absolute atomic E-state index is 6.01. The van der Waals surface area contributed by atoms with Crippen LogP contribution in [0.2, 0.25) is 0 Å². The van der Waals surface area contributed by atoms with Crippen LogP contribution in [-0.4, -0.2) is 0 Å². The van der Waals surface area contributed by atoms with Crippen LogP contribution >= 0.6 is 31.9 Å². The largest absolute Gasteiger partial charge is 0.457 e. The molecule has 0 amide bonds. The number of rotatable bonds is 3. The van der Waals surface area contributed by atoms with Crippen LogP contribution in [0.3, 0.4) is 0 Å². The molecule has 100 valence electrons. The molecule has 3 heteroatoms. The Morgan fingerprint density at radius 1 is 1.05 bits per heavy atom. The Labute approximate surface area is 131 Å². The van der Waals surface area contributed by atoms with Crippen LogP contribution in [0.1, 0.15) is 22.3 Å². The number of hydrogen-bond acceptors (Lipinski definition) is 1. The van der Waals surface area contributed by atoms with Crippen molar-refractivity contribution in [3.63, 3.8) is 0 Å². The van der Waals surface area contributed by atoms with Gasteiger partial charge in [-0.1, -0.05) is 44.0 Å². The number of hydrogen-bond donors (Lipinski definition) is 0. The van der Waals surface area contributed by atoms with E-state index in [0.717, 1.165) is 21.3 Å². The van der Waals surface area contributed by atoms with Gasteiger partial charge in [0.05, 0.1) is 0 Å². The van der Waals surface area contributed by atoms with Crippen molar-refractivity contribution < 1.29 is 4.74 Å². The minimum Gasteiger partial charge on any atom is -0.457 e. The van der Waals surface area contributed by atoms with Gasteiger partial charge in [0.25, 0.3) is 0 Å². The van der Waals surface area contributed by atoms with E-state index in [-0.39, 0.29) is 0 Å². The van der Waals surface area contributed by atoms with Gasteiger partial charge in [0, 0.05) is 9.80 Å². The molecule has 0 atom stereocenters. The van der Waals surface area contributed by atoms with Gasteiger partial charge in [-0.2, -0.15) is 0 Å². The van der Waals surface area contributed by atoms with Crippen LogP contribution in [0.25, 0.3) is 0 Å². The highest BCUT2D eigenvalue weighted by molar-refractivity contribution is 9.10. The van der Waals surface area contributed by atoms with Gasteiger partial charge in [-0.15, -0.1) is 0 Å². The molecule has 0 bridgehead atoms. The lowest BCUT2D eigenvalue weighted by molar-refractivity contribution is 0.477. The molecule has 0 heterocycles. The second-order valence-electron chi connectivity index (χ2n) is 4.69. The Morgan fingerprint density at radius 2 is 1.79 bits per heavy atom. The lowest BCUT2D eigenvalue weighted by Crippen LogP contribution is -1.92. The highest BCUT2D eigenvalue weighted by atomic mass is 79.9. The zero-order valence-corrected chi connectivity index (χ0v) is 14.4. The summed E-state index contributed by atoms with van der Waals surface area (Å²) in [7, 11) is 0. The van der Waals surface area contributed by atoms with Crippen molar-refractivity contribution in [2.45, 2.75) is 26.1 Å². The molecule has 0 saturated carbocycles. The Balaban J connectivity index is 2.33. The predicted octanol–water partition coefficient (Wildman–Crippen LogP) is 6.06. The highest BCUT2D eigenvalue weighted by Gasteiger charge is 2.07. The van der Waals surface area contributed by atoms with Crippen LogP contribution in [0, 0.1) is 20.8 Å². The normalized spacial score (nSPS) is 10.6. The average molecular weight is 384 g/mol. The van der Waals surface area contributed by atoms with Gasteiger partial charge in [0.1, 0.15) is 11.5 Å². The van der Waals surface area contributed by atoms with Crippen LogP contribution in [-0.2, 0) is 5.33 Å². The van der Waals surface area contributed by atoms with E-state index in [2.05, 4.69) is 70.8 Å². The van der Waals surface area contributed by atoms with Crippen LogP contribution in [0.5, 0.6) is 11.5 Å². The van der Waals surface area contributed by atoms with E-state index in [1.54, 1.807) is 0 Å². The summed E-state index contributed by atoms with van der Waals surface area (Å²) in [6.07, 6.45) is 0. The third-order valence-electron chi connectivity index (χ3n) is 3.16. The zero-order valence-electron chi connectivity index (χ0n) is 11.3. The molecule has 0 N–H and O–H groups in total. The van der Waals surface area contributed by atoms with E-state index in [1.807, 2.05) is 12.1 Å².